The molecular formula is C19H27ClN2O4. The Labute approximate surface area is 159 Å². The summed E-state index contributed by atoms with van der Waals surface area (Å²) in [7, 11) is 1.51. The zero-order valence-corrected chi connectivity index (χ0v) is 16.2. The van der Waals surface area contributed by atoms with Crippen LogP contribution in [0.4, 0.5) is 0 Å². The molecule has 1 saturated heterocycles. The summed E-state index contributed by atoms with van der Waals surface area (Å²) in [5.41, 5.74) is 0.418. The largest absolute Gasteiger partial charge is 0.493 e. The maximum atomic E-state index is 12.4. The molecule has 2 rings (SSSR count). The Hall–Kier alpha value is -1.95. The van der Waals surface area contributed by atoms with Crippen molar-refractivity contribution in [3.8, 4) is 11.5 Å². The minimum Gasteiger partial charge on any atom is -0.493 e. The van der Waals surface area contributed by atoms with Gasteiger partial charge in [-0.25, -0.2) is 0 Å². The molecule has 2 amide bonds. The van der Waals surface area contributed by atoms with Gasteiger partial charge in [-0.05, 0) is 38.3 Å². The van der Waals surface area contributed by atoms with E-state index in [1.54, 1.807) is 12.1 Å². The van der Waals surface area contributed by atoms with Gasteiger partial charge in [0.2, 0.25) is 5.91 Å². The van der Waals surface area contributed by atoms with Crippen LogP contribution in [0.25, 0.3) is 0 Å². The van der Waals surface area contributed by atoms with Crippen molar-refractivity contribution in [2.45, 2.75) is 39.0 Å². The second kappa shape index (κ2) is 10.3. The molecule has 0 unspecified atom stereocenters. The van der Waals surface area contributed by atoms with E-state index in [0.717, 1.165) is 32.2 Å². The van der Waals surface area contributed by atoms with Crippen molar-refractivity contribution < 1.29 is 19.1 Å². The van der Waals surface area contributed by atoms with E-state index >= 15 is 0 Å². The van der Waals surface area contributed by atoms with E-state index in [-0.39, 0.29) is 11.8 Å². The number of nitrogens with one attached hydrogen (secondary N) is 1. The third-order valence-electron chi connectivity index (χ3n) is 4.34. The van der Waals surface area contributed by atoms with E-state index in [9.17, 15) is 9.59 Å². The van der Waals surface area contributed by atoms with Gasteiger partial charge in [-0.2, -0.15) is 0 Å². The minimum absolute atomic E-state index is 0.219. The fourth-order valence-corrected chi connectivity index (χ4v) is 3.25. The number of amides is 2. The van der Waals surface area contributed by atoms with Crippen molar-refractivity contribution in [1.29, 1.82) is 0 Å². The second-order valence-electron chi connectivity index (χ2n) is 6.22. The summed E-state index contributed by atoms with van der Waals surface area (Å²) >= 11 is 6.20. The number of hydrogen-bond acceptors (Lipinski definition) is 4. The molecule has 1 N–H and O–H groups in total. The molecule has 6 nitrogen and oxygen atoms in total. The molecular weight excluding hydrogens is 356 g/mol. The Kier molecular flexibility index (Phi) is 8.04. The van der Waals surface area contributed by atoms with Crippen molar-refractivity contribution in [2.75, 3.05) is 33.4 Å². The van der Waals surface area contributed by atoms with Crippen LogP contribution in [0.15, 0.2) is 12.1 Å². The zero-order chi connectivity index (χ0) is 18.9. The van der Waals surface area contributed by atoms with E-state index in [2.05, 4.69) is 5.32 Å². The summed E-state index contributed by atoms with van der Waals surface area (Å²) < 4.78 is 10.7. The third-order valence-corrected chi connectivity index (χ3v) is 4.62. The Bertz CT molecular complexity index is 636. The number of likely N-dealkylation sites (tertiary alicyclic amines) is 1. The summed E-state index contributed by atoms with van der Waals surface area (Å²) in [4.78, 5) is 26.2. The highest BCUT2D eigenvalue weighted by molar-refractivity contribution is 6.32. The maximum absolute atomic E-state index is 12.4. The van der Waals surface area contributed by atoms with Crippen LogP contribution in [0.3, 0.4) is 0 Å². The topological polar surface area (TPSA) is 67.9 Å². The first-order chi connectivity index (χ1) is 12.6. The van der Waals surface area contributed by atoms with E-state index in [1.807, 2.05) is 11.8 Å². The maximum Gasteiger partial charge on any atom is 0.251 e. The summed E-state index contributed by atoms with van der Waals surface area (Å²) in [6.07, 6.45) is 4.50. The van der Waals surface area contributed by atoms with Crippen molar-refractivity contribution in [1.82, 2.24) is 10.2 Å². The number of rotatable bonds is 8. The first-order valence-electron chi connectivity index (χ1n) is 9.13. The molecule has 1 aromatic rings. The van der Waals surface area contributed by atoms with Crippen molar-refractivity contribution in [3.05, 3.63) is 22.7 Å². The molecule has 0 aromatic heterocycles. The standard InChI is InChI=1S/C19H27ClN2O4/c1-3-26-18-15(20)12-14(13-16(18)25-2)19(24)21-9-7-11-22-10-6-4-5-8-17(22)23/h12-13H,3-11H2,1-2H3,(H,21,24). The molecule has 1 aliphatic rings. The normalized spacial score (nSPS) is 14.7. The van der Waals surface area contributed by atoms with Crippen LogP contribution in [0.5, 0.6) is 11.5 Å². The highest BCUT2D eigenvalue weighted by Gasteiger charge is 2.17. The predicted molar refractivity (Wildman–Crippen MR) is 101 cm³/mol. The number of hydrogen-bond donors (Lipinski definition) is 1. The summed E-state index contributed by atoms with van der Waals surface area (Å²) in [5.74, 6) is 0.861. The van der Waals surface area contributed by atoms with Crippen LogP contribution in [-0.2, 0) is 4.79 Å². The Balaban J connectivity index is 1.87. The Morgan fingerprint density at radius 1 is 1.31 bits per heavy atom. The number of carbonyl (C=O) groups excluding carboxylic acids is 2. The van der Waals surface area contributed by atoms with E-state index in [1.165, 1.54) is 7.11 Å². The smallest absolute Gasteiger partial charge is 0.251 e. The monoisotopic (exact) mass is 382 g/mol. The van der Waals surface area contributed by atoms with Crippen LogP contribution in [0.1, 0.15) is 49.4 Å². The summed E-state index contributed by atoms with van der Waals surface area (Å²) in [6, 6.07) is 3.19. The lowest BCUT2D eigenvalue weighted by atomic mass is 10.2. The van der Waals surface area contributed by atoms with Crippen LogP contribution in [0, 0.1) is 0 Å². The number of nitrogens with zero attached hydrogens (tertiary/aromatic N) is 1. The average Bonchev–Trinajstić information content (AvgIpc) is 2.84. The average molecular weight is 383 g/mol. The van der Waals surface area contributed by atoms with Gasteiger partial charge in [0.25, 0.3) is 5.91 Å². The van der Waals surface area contributed by atoms with Crippen molar-refractivity contribution >= 4 is 23.4 Å². The van der Waals surface area contributed by atoms with Crippen LogP contribution in [0.2, 0.25) is 5.02 Å². The zero-order valence-electron chi connectivity index (χ0n) is 15.5. The summed E-state index contributed by atoms with van der Waals surface area (Å²) in [5, 5.41) is 3.21. The van der Waals surface area contributed by atoms with E-state index in [4.69, 9.17) is 21.1 Å². The number of methoxy groups -OCH3 is 1. The predicted octanol–water partition coefficient (Wildman–Crippen LogP) is 3.27. The first-order valence-corrected chi connectivity index (χ1v) is 9.51. The van der Waals surface area contributed by atoms with Gasteiger partial charge in [0, 0.05) is 31.6 Å². The quantitative estimate of drug-likeness (QED) is 0.700. The van der Waals surface area contributed by atoms with Gasteiger partial charge < -0.3 is 19.7 Å². The summed E-state index contributed by atoms with van der Waals surface area (Å²) in [6.45, 7) is 4.29. The molecule has 144 valence electrons. The molecule has 0 spiro atoms. The molecule has 1 heterocycles. The number of halogens is 1. The fraction of sp³-hybridized carbons (Fsp3) is 0.579. The van der Waals surface area contributed by atoms with Gasteiger partial charge in [-0.3, -0.25) is 9.59 Å². The SMILES string of the molecule is CCOc1c(Cl)cc(C(=O)NCCCN2CCCCCC2=O)cc1OC. The molecule has 0 radical (unpaired) electrons. The Morgan fingerprint density at radius 2 is 2.12 bits per heavy atom. The van der Waals surface area contributed by atoms with Crippen LogP contribution >= 0.6 is 11.6 Å². The van der Waals surface area contributed by atoms with Gasteiger partial charge in [-0.1, -0.05) is 18.0 Å². The Morgan fingerprint density at radius 3 is 2.85 bits per heavy atom. The van der Waals surface area contributed by atoms with Crippen LogP contribution < -0.4 is 14.8 Å². The first kappa shape index (κ1) is 20.4. The van der Waals surface area contributed by atoms with Gasteiger partial charge in [0.15, 0.2) is 11.5 Å². The molecule has 0 aliphatic carbocycles. The lowest BCUT2D eigenvalue weighted by molar-refractivity contribution is -0.130. The number of benzene rings is 1. The molecule has 1 aliphatic heterocycles. The second-order valence-corrected chi connectivity index (χ2v) is 6.63. The van der Waals surface area contributed by atoms with Gasteiger partial charge in [0.05, 0.1) is 18.7 Å². The van der Waals surface area contributed by atoms with E-state index in [0.29, 0.717) is 48.2 Å². The van der Waals surface area contributed by atoms with Crippen LogP contribution in [-0.4, -0.2) is 50.1 Å². The molecule has 0 atom stereocenters. The molecule has 0 bridgehead atoms. The number of carbonyl (C=O) groups is 2. The molecule has 7 heteroatoms. The molecule has 0 saturated carbocycles. The minimum atomic E-state index is -0.226. The van der Waals surface area contributed by atoms with Crippen molar-refractivity contribution in [3.63, 3.8) is 0 Å². The molecule has 26 heavy (non-hydrogen) atoms. The lowest BCUT2D eigenvalue weighted by Crippen LogP contribution is -2.34. The molecule has 1 fully saturated rings. The lowest BCUT2D eigenvalue weighted by Gasteiger charge is -2.20. The van der Waals surface area contributed by atoms with Crippen molar-refractivity contribution in [2.24, 2.45) is 0 Å². The molecule has 1 aromatic carbocycles. The van der Waals surface area contributed by atoms with Gasteiger partial charge in [0.1, 0.15) is 0 Å². The highest BCUT2D eigenvalue weighted by Crippen LogP contribution is 2.36. The number of ether oxygens (including phenoxy) is 2. The van der Waals surface area contributed by atoms with E-state index < -0.39 is 0 Å². The van der Waals surface area contributed by atoms with Gasteiger partial charge >= 0.3 is 0 Å². The van der Waals surface area contributed by atoms with Gasteiger partial charge in [-0.15, -0.1) is 0 Å². The highest BCUT2D eigenvalue weighted by atomic mass is 35.5. The fourth-order valence-electron chi connectivity index (χ4n) is 2.98. The third kappa shape index (κ3) is 5.53.